The monoisotopic (exact) mass is 407 g/mol. The van der Waals surface area contributed by atoms with Crippen LogP contribution in [-0.2, 0) is 16.8 Å². The average molecular weight is 407 g/mol. The Balaban J connectivity index is 2.10. The van der Waals surface area contributed by atoms with E-state index >= 15 is 0 Å². The summed E-state index contributed by atoms with van der Waals surface area (Å²) in [5.74, 6) is 0.748. The van der Waals surface area contributed by atoms with Crippen molar-refractivity contribution < 1.29 is 13.2 Å². The van der Waals surface area contributed by atoms with Crippen LogP contribution in [0.25, 0.3) is 0 Å². The van der Waals surface area contributed by atoms with Crippen molar-refractivity contribution in [1.29, 1.82) is 0 Å². The molecule has 0 aliphatic carbocycles. The van der Waals surface area contributed by atoms with E-state index in [1.807, 2.05) is 24.3 Å². The van der Waals surface area contributed by atoms with E-state index in [4.69, 9.17) is 4.74 Å². The second-order valence-corrected chi connectivity index (χ2v) is 7.41. The fourth-order valence-corrected chi connectivity index (χ4v) is 2.79. The second-order valence-electron chi connectivity index (χ2n) is 4.20. The standard InChI is InChI=1S/C12H14IN3O3S/c1-15(2)20(17,18)16-7-10(14-9-16)8-19-12-6-4-3-5-11(12)13/h3-7,9H,8H2,1-2H3. The Morgan fingerprint density at radius 1 is 1.35 bits per heavy atom. The van der Waals surface area contributed by atoms with E-state index in [1.165, 1.54) is 26.6 Å². The number of benzene rings is 1. The van der Waals surface area contributed by atoms with E-state index in [0.717, 1.165) is 17.6 Å². The molecule has 1 aromatic carbocycles. The molecular formula is C12H14IN3O3S. The van der Waals surface area contributed by atoms with Gasteiger partial charge in [0.1, 0.15) is 18.7 Å². The Hall–Kier alpha value is -1.13. The largest absolute Gasteiger partial charge is 0.486 e. The third kappa shape index (κ3) is 3.30. The van der Waals surface area contributed by atoms with Crippen molar-refractivity contribution >= 4 is 32.8 Å². The van der Waals surface area contributed by atoms with E-state index in [1.54, 1.807) is 0 Å². The van der Waals surface area contributed by atoms with Crippen LogP contribution in [0.3, 0.4) is 0 Å². The number of rotatable bonds is 5. The predicted molar refractivity (Wildman–Crippen MR) is 83.7 cm³/mol. The van der Waals surface area contributed by atoms with Crippen LogP contribution in [-0.4, -0.2) is 35.8 Å². The van der Waals surface area contributed by atoms with Crippen molar-refractivity contribution in [3.8, 4) is 5.75 Å². The molecule has 0 aliphatic rings. The molecule has 0 unspecified atom stereocenters. The Morgan fingerprint density at radius 2 is 2.05 bits per heavy atom. The molecule has 6 nitrogen and oxygen atoms in total. The number of imidazole rings is 1. The third-order valence-electron chi connectivity index (χ3n) is 2.55. The van der Waals surface area contributed by atoms with Gasteiger partial charge in [-0.25, -0.2) is 8.96 Å². The van der Waals surface area contributed by atoms with Crippen LogP contribution >= 0.6 is 22.6 Å². The lowest BCUT2D eigenvalue weighted by molar-refractivity contribution is 0.299. The van der Waals surface area contributed by atoms with Gasteiger partial charge in [-0.2, -0.15) is 12.7 Å². The van der Waals surface area contributed by atoms with E-state index in [2.05, 4.69) is 27.6 Å². The van der Waals surface area contributed by atoms with Gasteiger partial charge in [0.2, 0.25) is 0 Å². The molecule has 0 amide bonds. The summed E-state index contributed by atoms with van der Waals surface area (Å²) in [6.07, 6.45) is 2.72. The number of hydrogen-bond donors (Lipinski definition) is 0. The van der Waals surface area contributed by atoms with Gasteiger partial charge in [-0.05, 0) is 34.7 Å². The van der Waals surface area contributed by atoms with Crippen LogP contribution in [0, 0.1) is 3.57 Å². The summed E-state index contributed by atoms with van der Waals surface area (Å²) in [7, 11) is -0.577. The smallest absolute Gasteiger partial charge is 0.308 e. The molecule has 0 saturated heterocycles. The highest BCUT2D eigenvalue weighted by molar-refractivity contribution is 14.1. The zero-order valence-electron chi connectivity index (χ0n) is 11.0. The molecule has 0 fully saturated rings. The maximum atomic E-state index is 11.9. The molecule has 108 valence electrons. The maximum Gasteiger partial charge on any atom is 0.308 e. The first-order valence-corrected chi connectivity index (χ1v) is 8.22. The number of nitrogens with zero attached hydrogens (tertiary/aromatic N) is 3. The van der Waals surface area contributed by atoms with Crippen molar-refractivity contribution in [1.82, 2.24) is 13.3 Å². The lowest BCUT2D eigenvalue weighted by Gasteiger charge is -2.10. The number of ether oxygens (including phenoxy) is 1. The molecule has 0 N–H and O–H groups in total. The highest BCUT2D eigenvalue weighted by Crippen LogP contribution is 2.20. The molecule has 0 spiro atoms. The minimum atomic E-state index is -3.52. The van der Waals surface area contributed by atoms with Crippen LogP contribution in [0.15, 0.2) is 36.8 Å². The van der Waals surface area contributed by atoms with Gasteiger partial charge in [0.25, 0.3) is 0 Å². The van der Waals surface area contributed by atoms with Crippen LogP contribution in [0.1, 0.15) is 5.69 Å². The molecule has 0 radical (unpaired) electrons. The third-order valence-corrected chi connectivity index (χ3v) is 5.10. The van der Waals surface area contributed by atoms with E-state index < -0.39 is 10.2 Å². The number of para-hydroxylation sites is 1. The molecule has 20 heavy (non-hydrogen) atoms. The van der Waals surface area contributed by atoms with Gasteiger partial charge in [-0.1, -0.05) is 12.1 Å². The van der Waals surface area contributed by atoms with Crippen molar-refractivity contribution in [2.45, 2.75) is 6.61 Å². The van der Waals surface area contributed by atoms with Crippen molar-refractivity contribution in [2.75, 3.05) is 14.1 Å². The molecule has 2 rings (SSSR count). The lowest BCUT2D eigenvalue weighted by atomic mass is 10.3. The average Bonchev–Trinajstić information content (AvgIpc) is 2.87. The topological polar surface area (TPSA) is 64.4 Å². The SMILES string of the molecule is CN(C)S(=O)(=O)n1cnc(COc2ccccc2I)c1. The summed E-state index contributed by atoms with van der Waals surface area (Å²) in [6, 6.07) is 7.60. The number of halogens is 1. The predicted octanol–water partition coefficient (Wildman–Crippen LogP) is 1.72. The van der Waals surface area contributed by atoms with Gasteiger partial charge in [-0.3, -0.25) is 0 Å². The van der Waals surface area contributed by atoms with Crippen molar-refractivity contribution in [3.05, 3.63) is 46.1 Å². The van der Waals surface area contributed by atoms with Crippen LogP contribution in [0.2, 0.25) is 0 Å². The fourth-order valence-electron chi connectivity index (χ4n) is 1.45. The molecule has 0 aliphatic heterocycles. The first kappa shape index (κ1) is 15.3. The van der Waals surface area contributed by atoms with E-state index in [-0.39, 0.29) is 6.61 Å². The van der Waals surface area contributed by atoms with Crippen molar-refractivity contribution in [3.63, 3.8) is 0 Å². The van der Waals surface area contributed by atoms with Gasteiger partial charge in [0.05, 0.1) is 9.26 Å². The molecule has 1 aromatic heterocycles. The highest BCUT2D eigenvalue weighted by Gasteiger charge is 2.16. The zero-order chi connectivity index (χ0) is 14.8. The van der Waals surface area contributed by atoms with Gasteiger partial charge < -0.3 is 4.74 Å². The summed E-state index contributed by atoms with van der Waals surface area (Å²) in [6.45, 7) is 0.218. The summed E-state index contributed by atoms with van der Waals surface area (Å²) >= 11 is 2.18. The van der Waals surface area contributed by atoms with Crippen LogP contribution in [0.5, 0.6) is 5.75 Å². The first-order chi connectivity index (χ1) is 9.41. The van der Waals surface area contributed by atoms with Gasteiger partial charge in [0.15, 0.2) is 0 Å². The van der Waals surface area contributed by atoms with E-state index in [9.17, 15) is 8.42 Å². The van der Waals surface area contributed by atoms with Crippen molar-refractivity contribution in [2.24, 2.45) is 0 Å². The minimum Gasteiger partial charge on any atom is -0.486 e. The Bertz CT molecular complexity index is 697. The quantitative estimate of drug-likeness (QED) is 0.709. The Morgan fingerprint density at radius 3 is 2.70 bits per heavy atom. The summed E-state index contributed by atoms with van der Waals surface area (Å²) in [5.41, 5.74) is 0.551. The fraction of sp³-hybridized carbons (Fsp3) is 0.250. The van der Waals surface area contributed by atoms with Crippen LogP contribution in [0.4, 0.5) is 0 Å². The summed E-state index contributed by atoms with van der Waals surface area (Å²) in [4.78, 5) is 4.04. The van der Waals surface area contributed by atoms with Crippen LogP contribution < -0.4 is 4.74 Å². The Labute approximate surface area is 131 Å². The molecule has 8 heteroatoms. The van der Waals surface area contributed by atoms with E-state index in [0.29, 0.717) is 5.69 Å². The van der Waals surface area contributed by atoms with Gasteiger partial charge in [-0.15, -0.1) is 0 Å². The molecule has 0 atom stereocenters. The molecular weight excluding hydrogens is 393 g/mol. The lowest BCUT2D eigenvalue weighted by Crippen LogP contribution is -2.27. The zero-order valence-corrected chi connectivity index (χ0v) is 14.0. The number of aromatic nitrogens is 2. The molecule has 0 bridgehead atoms. The minimum absolute atomic E-state index is 0.218. The second kappa shape index (κ2) is 6.10. The molecule has 1 heterocycles. The summed E-state index contributed by atoms with van der Waals surface area (Å²) < 4.78 is 32.6. The van der Waals surface area contributed by atoms with Gasteiger partial charge >= 0.3 is 10.2 Å². The Kier molecular flexibility index (Phi) is 4.66. The summed E-state index contributed by atoms with van der Waals surface area (Å²) in [5, 5.41) is 0. The normalized spacial score (nSPS) is 11.8. The number of hydrogen-bond acceptors (Lipinski definition) is 4. The van der Waals surface area contributed by atoms with Gasteiger partial charge in [0, 0.05) is 20.3 Å². The maximum absolute atomic E-state index is 11.9. The highest BCUT2D eigenvalue weighted by atomic mass is 127. The molecule has 2 aromatic rings. The first-order valence-electron chi connectivity index (χ1n) is 5.74. The molecule has 0 saturated carbocycles.